The molecule has 1 aromatic carbocycles. The predicted molar refractivity (Wildman–Crippen MR) is 106 cm³/mol. The maximum Gasteiger partial charge on any atom is 0.253 e. The number of nitrogens with two attached hydrogens (primary N) is 1. The van der Waals surface area contributed by atoms with Gasteiger partial charge in [0.1, 0.15) is 0 Å². The highest BCUT2D eigenvalue weighted by Gasteiger charge is 2.29. The first-order chi connectivity index (χ1) is 12.0. The van der Waals surface area contributed by atoms with Crippen LogP contribution in [0.25, 0.3) is 0 Å². The van der Waals surface area contributed by atoms with Gasteiger partial charge in [0, 0.05) is 49.2 Å². The molecule has 2 fully saturated rings. The molecule has 2 amide bonds. The van der Waals surface area contributed by atoms with Crippen LogP contribution in [0.4, 0.5) is 0 Å². The highest BCUT2D eigenvalue weighted by atomic mass is 35.5. The molecule has 0 unspecified atom stereocenters. The van der Waals surface area contributed by atoms with Gasteiger partial charge in [-0.25, -0.2) is 0 Å². The van der Waals surface area contributed by atoms with Crippen LogP contribution in [0.5, 0.6) is 0 Å². The van der Waals surface area contributed by atoms with Gasteiger partial charge in [-0.05, 0) is 49.4 Å². The van der Waals surface area contributed by atoms with Crippen LogP contribution in [0.1, 0.15) is 42.5 Å². The molecular weight excluding hydrogens is 373 g/mol. The van der Waals surface area contributed by atoms with E-state index in [-0.39, 0.29) is 30.3 Å². The van der Waals surface area contributed by atoms with Gasteiger partial charge in [-0.3, -0.25) is 9.59 Å². The number of amides is 2. The summed E-state index contributed by atoms with van der Waals surface area (Å²) in [4.78, 5) is 28.9. The monoisotopic (exact) mass is 399 g/mol. The first-order valence-electron chi connectivity index (χ1n) is 9.13. The molecule has 0 spiro atoms. The van der Waals surface area contributed by atoms with Crippen molar-refractivity contribution in [3.63, 3.8) is 0 Å². The van der Waals surface area contributed by atoms with E-state index < -0.39 is 0 Å². The Labute approximate surface area is 166 Å². The second kappa shape index (κ2) is 9.58. The molecule has 144 valence electrons. The topological polar surface area (TPSA) is 66.6 Å². The van der Waals surface area contributed by atoms with Crippen LogP contribution in [0.15, 0.2) is 24.3 Å². The fourth-order valence-electron chi connectivity index (χ4n) is 3.82. The summed E-state index contributed by atoms with van der Waals surface area (Å²) in [5.74, 6) is 0.509. The van der Waals surface area contributed by atoms with E-state index in [1.165, 1.54) is 0 Å². The standard InChI is InChI=1S/C19H26ClN3O2.ClH/c20-16-7-5-14(6-8-16)19(25)23-10-2-9-22(11-12-23)18(24)13-15-3-1-4-17(15)21;/h5-8,15,17H,1-4,9-13,21H2;1H/t15-,17+;/m0./s1. The van der Waals surface area contributed by atoms with Crippen molar-refractivity contribution in [2.24, 2.45) is 11.7 Å². The smallest absolute Gasteiger partial charge is 0.253 e. The van der Waals surface area contributed by atoms with E-state index in [9.17, 15) is 9.59 Å². The molecule has 1 aromatic rings. The van der Waals surface area contributed by atoms with Gasteiger partial charge in [-0.1, -0.05) is 18.0 Å². The minimum atomic E-state index is 0. The quantitative estimate of drug-likeness (QED) is 0.849. The van der Waals surface area contributed by atoms with Gasteiger partial charge < -0.3 is 15.5 Å². The SMILES string of the molecule is Cl.N[C@@H]1CCC[C@H]1CC(=O)N1CCCN(C(=O)c2ccc(Cl)cc2)CC1. The van der Waals surface area contributed by atoms with Gasteiger partial charge in [0.15, 0.2) is 0 Å². The summed E-state index contributed by atoms with van der Waals surface area (Å²) >= 11 is 5.88. The van der Waals surface area contributed by atoms with Crippen LogP contribution in [0, 0.1) is 5.92 Å². The summed E-state index contributed by atoms with van der Waals surface area (Å²) in [5.41, 5.74) is 6.73. The Hall–Kier alpha value is -1.30. The Balaban J connectivity index is 0.00000243. The number of carbonyl (C=O) groups excluding carboxylic acids is 2. The normalized spacial score (nSPS) is 23.3. The van der Waals surface area contributed by atoms with Gasteiger partial charge in [0.05, 0.1) is 0 Å². The number of benzene rings is 1. The maximum absolute atomic E-state index is 12.6. The Bertz CT molecular complexity index is 624. The second-order valence-electron chi connectivity index (χ2n) is 7.09. The lowest BCUT2D eigenvalue weighted by Crippen LogP contribution is -2.39. The number of nitrogens with zero attached hydrogens (tertiary/aromatic N) is 2. The van der Waals surface area contributed by atoms with Gasteiger partial charge in [0.25, 0.3) is 5.91 Å². The molecule has 2 atom stereocenters. The van der Waals surface area contributed by atoms with Crippen molar-refractivity contribution in [3.8, 4) is 0 Å². The molecule has 1 saturated carbocycles. The maximum atomic E-state index is 12.6. The fraction of sp³-hybridized carbons (Fsp3) is 0.579. The zero-order valence-corrected chi connectivity index (χ0v) is 16.5. The number of hydrogen-bond acceptors (Lipinski definition) is 3. The Kier molecular flexibility index (Phi) is 7.74. The van der Waals surface area contributed by atoms with E-state index in [4.69, 9.17) is 17.3 Å². The van der Waals surface area contributed by atoms with Crippen molar-refractivity contribution >= 4 is 35.8 Å². The first-order valence-corrected chi connectivity index (χ1v) is 9.50. The van der Waals surface area contributed by atoms with Crippen molar-refractivity contribution < 1.29 is 9.59 Å². The summed E-state index contributed by atoms with van der Waals surface area (Å²) < 4.78 is 0. The minimum Gasteiger partial charge on any atom is -0.341 e. The Morgan fingerprint density at radius 3 is 2.31 bits per heavy atom. The third kappa shape index (κ3) is 5.12. The van der Waals surface area contributed by atoms with Crippen LogP contribution in [-0.2, 0) is 4.79 Å². The summed E-state index contributed by atoms with van der Waals surface area (Å²) in [6, 6.07) is 7.12. The van der Waals surface area contributed by atoms with Crippen molar-refractivity contribution in [1.82, 2.24) is 9.80 Å². The summed E-state index contributed by atoms with van der Waals surface area (Å²) in [6.45, 7) is 2.56. The summed E-state index contributed by atoms with van der Waals surface area (Å²) in [6.07, 6.45) is 4.57. The fourth-order valence-corrected chi connectivity index (χ4v) is 3.94. The minimum absolute atomic E-state index is 0. The number of halogens is 2. The van der Waals surface area contributed by atoms with Crippen LogP contribution < -0.4 is 5.73 Å². The molecule has 3 rings (SSSR count). The van der Waals surface area contributed by atoms with Gasteiger partial charge in [-0.15, -0.1) is 12.4 Å². The lowest BCUT2D eigenvalue weighted by molar-refractivity contribution is -0.132. The van der Waals surface area contributed by atoms with E-state index >= 15 is 0 Å². The Morgan fingerprint density at radius 2 is 1.65 bits per heavy atom. The molecule has 1 aliphatic carbocycles. The third-order valence-electron chi connectivity index (χ3n) is 5.38. The predicted octanol–water partition coefficient (Wildman–Crippen LogP) is 2.95. The van der Waals surface area contributed by atoms with E-state index in [0.29, 0.717) is 49.1 Å². The largest absolute Gasteiger partial charge is 0.341 e. The molecule has 1 saturated heterocycles. The van der Waals surface area contributed by atoms with Crippen molar-refractivity contribution in [2.45, 2.75) is 38.1 Å². The summed E-state index contributed by atoms with van der Waals surface area (Å²) in [5, 5.41) is 0.620. The van der Waals surface area contributed by atoms with E-state index in [2.05, 4.69) is 0 Å². The van der Waals surface area contributed by atoms with E-state index in [1.807, 2.05) is 9.80 Å². The van der Waals surface area contributed by atoms with Crippen LogP contribution >= 0.6 is 24.0 Å². The molecule has 2 N–H and O–H groups in total. The molecule has 1 aliphatic heterocycles. The van der Waals surface area contributed by atoms with Crippen molar-refractivity contribution in [2.75, 3.05) is 26.2 Å². The average molecular weight is 400 g/mol. The number of rotatable bonds is 3. The average Bonchev–Trinajstić information content (AvgIpc) is 2.86. The molecule has 0 aromatic heterocycles. The zero-order valence-electron chi connectivity index (χ0n) is 14.9. The molecule has 2 aliphatic rings. The molecule has 0 bridgehead atoms. The van der Waals surface area contributed by atoms with Gasteiger partial charge in [-0.2, -0.15) is 0 Å². The third-order valence-corrected chi connectivity index (χ3v) is 5.63. The lowest BCUT2D eigenvalue weighted by atomic mass is 9.99. The highest BCUT2D eigenvalue weighted by molar-refractivity contribution is 6.30. The molecule has 26 heavy (non-hydrogen) atoms. The zero-order chi connectivity index (χ0) is 17.8. The van der Waals surface area contributed by atoms with Gasteiger partial charge in [0.2, 0.25) is 5.91 Å². The van der Waals surface area contributed by atoms with Crippen LogP contribution in [-0.4, -0.2) is 53.8 Å². The highest BCUT2D eigenvalue weighted by Crippen LogP contribution is 2.27. The molecule has 1 heterocycles. The molecule has 7 heteroatoms. The second-order valence-corrected chi connectivity index (χ2v) is 7.53. The van der Waals surface area contributed by atoms with Crippen molar-refractivity contribution in [1.29, 1.82) is 0 Å². The van der Waals surface area contributed by atoms with Gasteiger partial charge >= 0.3 is 0 Å². The lowest BCUT2D eigenvalue weighted by Gasteiger charge is -2.24. The van der Waals surface area contributed by atoms with E-state index in [1.54, 1.807) is 24.3 Å². The number of carbonyl (C=O) groups is 2. The van der Waals surface area contributed by atoms with E-state index in [0.717, 1.165) is 25.7 Å². The van der Waals surface area contributed by atoms with Crippen molar-refractivity contribution in [3.05, 3.63) is 34.9 Å². The van der Waals surface area contributed by atoms with Crippen LogP contribution in [0.2, 0.25) is 5.02 Å². The molecule has 0 radical (unpaired) electrons. The molecular formula is C19H27Cl2N3O2. The summed E-state index contributed by atoms with van der Waals surface area (Å²) in [7, 11) is 0. The first kappa shape index (κ1) is 21.0. The Morgan fingerprint density at radius 1 is 1.00 bits per heavy atom. The number of hydrogen-bond donors (Lipinski definition) is 1. The van der Waals surface area contributed by atoms with Crippen LogP contribution in [0.3, 0.4) is 0 Å². The molecule has 5 nitrogen and oxygen atoms in total.